The molecule has 0 atom stereocenters. The smallest absolute Gasteiger partial charge is 0.437 e. The molecule has 0 bridgehead atoms. The Morgan fingerprint density at radius 3 is 2.54 bits per heavy atom. The number of hydrogen-bond acceptors (Lipinski definition) is 5. The summed E-state index contributed by atoms with van der Waals surface area (Å²) in [7, 11) is 4.33. The third-order valence-electron chi connectivity index (χ3n) is 3.41. The summed E-state index contributed by atoms with van der Waals surface area (Å²) in [6, 6.07) is 5.20. The number of ether oxygens (including phenoxy) is 3. The molecular formula is C16H18F3N3O4. The highest BCUT2D eigenvalue weighted by molar-refractivity contribution is 5.85. The third-order valence-corrected chi connectivity index (χ3v) is 3.41. The molecule has 10 heteroatoms. The first-order valence-electron chi connectivity index (χ1n) is 7.50. The molecule has 26 heavy (non-hydrogen) atoms. The third kappa shape index (κ3) is 4.80. The predicted octanol–water partition coefficient (Wildman–Crippen LogP) is 3.25. The monoisotopic (exact) mass is 373 g/mol. The van der Waals surface area contributed by atoms with Crippen LogP contribution in [0.3, 0.4) is 0 Å². The minimum absolute atomic E-state index is 0.0249. The Kier molecular flexibility index (Phi) is 5.96. The fourth-order valence-electron chi connectivity index (χ4n) is 2.23. The molecule has 0 fully saturated rings. The van der Waals surface area contributed by atoms with Crippen LogP contribution in [0.5, 0.6) is 11.5 Å². The first-order chi connectivity index (χ1) is 12.2. The number of aromatic nitrogens is 2. The average Bonchev–Trinajstić information content (AvgIpc) is 2.95. The summed E-state index contributed by atoms with van der Waals surface area (Å²) in [5, 5.41) is 5.35. The van der Waals surface area contributed by atoms with E-state index in [4.69, 9.17) is 14.2 Å². The second-order valence-electron chi connectivity index (χ2n) is 5.26. The van der Waals surface area contributed by atoms with E-state index in [0.29, 0.717) is 17.9 Å². The molecule has 1 amide bonds. The van der Waals surface area contributed by atoms with Gasteiger partial charge in [0.05, 0.1) is 26.5 Å². The van der Waals surface area contributed by atoms with Gasteiger partial charge in [-0.15, -0.1) is 0 Å². The van der Waals surface area contributed by atoms with Gasteiger partial charge in [0.1, 0.15) is 0 Å². The second-order valence-corrected chi connectivity index (χ2v) is 5.26. The zero-order valence-corrected chi connectivity index (χ0v) is 14.4. The van der Waals surface area contributed by atoms with Crippen LogP contribution in [-0.2, 0) is 24.4 Å². The van der Waals surface area contributed by atoms with Gasteiger partial charge in [0, 0.05) is 19.7 Å². The maximum Gasteiger partial charge on any atom is 0.437 e. The Morgan fingerprint density at radius 1 is 1.23 bits per heavy atom. The van der Waals surface area contributed by atoms with E-state index in [0.717, 1.165) is 16.4 Å². The largest absolute Gasteiger partial charge is 0.493 e. The van der Waals surface area contributed by atoms with Crippen molar-refractivity contribution in [2.75, 3.05) is 26.1 Å². The van der Waals surface area contributed by atoms with Gasteiger partial charge >= 0.3 is 12.3 Å². The molecule has 1 aromatic heterocycles. The molecule has 0 aliphatic heterocycles. The number of carbonyl (C=O) groups is 1. The molecule has 1 aromatic carbocycles. The molecule has 0 saturated heterocycles. The topological polar surface area (TPSA) is 74.6 Å². The number of benzene rings is 1. The number of halogens is 3. The summed E-state index contributed by atoms with van der Waals surface area (Å²) in [6.07, 6.45) is -4.27. The van der Waals surface area contributed by atoms with E-state index in [2.05, 4.69) is 10.4 Å². The van der Waals surface area contributed by atoms with Gasteiger partial charge < -0.3 is 14.2 Å². The van der Waals surface area contributed by atoms with Crippen molar-refractivity contribution in [1.29, 1.82) is 0 Å². The highest BCUT2D eigenvalue weighted by Crippen LogP contribution is 2.33. The summed E-state index contributed by atoms with van der Waals surface area (Å²) in [6.45, 7) is -0.0249. The summed E-state index contributed by atoms with van der Waals surface area (Å²) in [5.74, 6) is 1.09. The van der Waals surface area contributed by atoms with Crippen LogP contribution in [0.2, 0.25) is 0 Å². The number of nitrogens with one attached hydrogen (secondary N) is 1. The molecule has 7 nitrogen and oxygen atoms in total. The SMILES string of the molecule is COc1ccc(CCOC(=O)Nc2cn(C)nc2C(F)(F)F)cc1OC. The van der Waals surface area contributed by atoms with E-state index in [1.54, 1.807) is 18.2 Å². The van der Waals surface area contributed by atoms with Gasteiger partial charge in [0.25, 0.3) is 0 Å². The Bertz CT molecular complexity index is 775. The van der Waals surface area contributed by atoms with E-state index < -0.39 is 23.7 Å². The molecule has 0 spiro atoms. The first kappa shape index (κ1) is 19.4. The molecule has 1 N–H and O–H groups in total. The van der Waals surface area contributed by atoms with Crippen LogP contribution in [0.4, 0.5) is 23.7 Å². The van der Waals surface area contributed by atoms with Gasteiger partial charge in [0.15, 0.2) is 17.2 Å². The van der Waals surface area contributed by atoms with Crippen LogP contribution in [0.15, 0.2) is 24.4 Å². The van der Waals surface area contributed by atoms with Crippen molar-refractivity contribution in [2.45, 2.75) is 12.6 Å². The molecule has 0 radical (unpaired) electrons. The van der Waals surface area contributed by atoms with Crippen molar-refractivity contribution in [3.63, 3.8) is 0 Å². The number of alkyl halides is 3. The molecule has 0 aliphatic rings. The first-order valence-corrected chi connectivity index (χ1v) is 7.50. The number of hydrogen-bond donors (Lipinski definition) is 1. The van der Waals surface area contributed by atoms with Crippen molar-refractivity contribution in [3.05, 3.63) is 35.7 Å². The maximum absolute atomic E-state index is 12.8. The number of methoxy groups -OCH3 is 2. The number of aryl methyl sites for hydroxylation is 1. The standard InChI is InChI=1S/C16H18F3N3O4/c1-22-9-11(14(21-22)16(17,18)19)20-15(23)26-7-6-10-4-5-12(24-2)13(8-10)25-3/h4-5,8-9H,6-7H2,1-3H3,(H,20,23). The van der Waals surface area contributed by atoms with Crippen LogP contribution < -0.4 is 14.8 Å². The number of anilines is 1. The van der Waals surface area contributed by atoms with Crippen LogP contribution in [0, 0.1) is 0 Å². The van der Waals surface area contributed by atoms with Crippen LogP contribution in [0.1, 0.15) is 11.3 Å². The van der Waals surface area contributed by atoms with E-state index in [-0.39, 0.29) is 6.61 Å². The number of amides is 1. The van der Waals surface area contributed by atoms with Crippen molar-refractivity contribution >= 4 is 11.8 Å². The highest BCUT2D eigenvalue weighted by atomic mass is 19.4. The zero-order chi connectivity index (χ0) is 19.3. The molecule has 0 saturated carbocycles. The van der Waals surface area contributed by atoms with Gasteiger partial charge in [-0.05, 0) is 17.7 Å². The second kappa shape index (κ2) is 7.98. The molecular weight excluding hydrogens is 355 g/mol. The lowest BCUT2D eigenvalue weighted by Crippen LogP contribution is -2.18. The minimum atomic E-state index is -4.68. The normalized spacial score (nSPS) is 11.2. The summed E-state index contributed by atoms with van der Waals surface area (Å²) >= 11 is 0. The summed E-state index contributed by atoms with van der Waals surface area (Å²) in [4.78, 5) is 11.7. The van der Waals surface area contributed by atoms with Crippen molar-refractivity contribution < 1.29 is 32.2 Å². The molecule has 0 aliphatic carbocycles. The van der Waals surface area contributed by atoms with E-state index in [1.807, 2.05) is 0 Å². The van der Waals surface area contributed by atoms with Gasteiger partial charge in [-0.1, -0.05) is 6.07 Å². The van der Waals surface area contributed by atoms with Crippen molar-refractivity contribution in [1.82, 2.24) is 9.78 Å². The van der Waals surface area contributed by atoms with E-state index in [9.17, 15) is 18.0 Å². The van der Waals surface area contributed by atoms with E-state index in [1.165, 1.54) is 21.3 Å². The van der Waals surface area contributed by atoms with Gasteiger partial charge in [-0.3, -0.25) is 10.00 Å². The highest BCUT2D eigenvalue weighted by Gasteiger charge is 2.37. The van der Waals surface area contributed by atoms with E-state index >= 15 is 0 Å². The number of rotatable bonds is 6. The fraction of sp³-hybridized carbons (Fsp3) is 0.375. The molecule has 2 aromatic rings. The lowest BCUT2D eigenvalue weighted by Gasteiger charge is -2.10. The molecule has 142 valence electrons. The van der Waals surface area contributed by atoms with Gasteiger partial charge in [-0.2, -0.15) is 18.3 Å². The number of carbonyl (C=O) groups excluding carboxylic acids is 1. The molecule has 2 rings (SSSR count). The van der Waals surface area contributed by atoms with Crippen molar-refractivity contribution in [3.8, 4) is 11.5 Å². The quantitative estimate of drug-likeness (QED) is 0.841. The van der Waals surface area contributed by atoms with Gasteiger partial charge in [0.2, 0.25) is 0 Å². The van der Waals surface area contributed by atoms with Crippen molar-refractivity contribution in [2.24, 2.45) is 7.05 Å². The van der Waals surface area contributed by atoms with Crippen LogP contribution >= 0.6 is 0 Å². The molecule has 0 unspecified atom stereocenters. The maximum atomic E-state index is 12.8. The number of nitrogens with zero attached hydrogens (tertiary/aromatic N) is 2. The summed E-state index contributed by atoms with van der Waals surface area (Å²) in [5.41, 5.74) is -0.833. The Balaban J connectivity index is 1.92. The fourth-order valence-corrected chi connectivity index (χ4v) is 2.23. The average molecular weight is 373 g/mol. The predicted molar refractivity (Wildman–Crippen MR) is 86.4 cm³/mol. The lowest BCUT2D eigenvalue weighted by molar-refractivity contribution is -0.140. The summed E-state index contributed by atoms with van der Waals surface area (Å²) < 4.78 is 54.7. The Morgan fingerprint density at radius 2 is 1.92 bits per heavy atom. The Hall–Kier alpha value is -2.91. The minimum Gasteiger partial charge on any atom is -0.493 e. The Labute approximate surface area is 147 Å². The van der Waals surface area contributed by atoms with Crippen LogP contribution in [-0.4, -0.2) is 36.7 Å². The lowest BCUT2D eigenvalue weighted by atomic mass is 10.1. The molecule has 1 heterocycles. The zero-order valence-electron chi connectivity index (χ0n) is 14.4. The van der Waals surface area contributed by atoms with Gasteiger partial charge in [-0.25, -0.2) is 4.79 Å². The van der Waals surface area contributed by atoms with Crippen LogP contribution in [0.25, 0.3) is 0 Å².